The Hall–Kier alpha value is -0.0800. The Morgan fingerprint density at radius 1 is 1.21 bits per heavy atom. The van der Waals surface area contributed by atoms with E-state index in [2.05, 4.69) is 33.0 Å². The van der Waals surface area contributed by atoms with Crippen LogP contribution < -0.4 is 11.1 Å². The molecule has 0 bridgehead atoms. The van der Waals surface area contributed by atoms with Crippen molar-refractivity contribution in [1.29, 1.82) is 0 Å². The smallest absolute Gasteiger partial charge is 0.000261 e. The van der Waals surface area contributed by atoms with Gasteiger partial charge >= 0.3 is 0 Å². The zero-order valence-electron chi connectivity index (χ0n) is 10.4. The first kappa shape index (κ1) is 13.9. The van der Waals surface area contributed by atoms with Crippen LogP contribution in [0.1, 0.15) is 47.0 Å². The monoisotopic (exact) mass is 200 g/mol. The highest BCUT2D eigenvalue weighted by atomic mass is 14.9. The Kier molecular flexibility index (Phi) is 7.20. The molecule has 0 aliphatic rings. The summed E-state index contributed by atoms with van der Waals surface area (Å²) >= 11 is 0. The van der Waals surface area contributed by atoms with E-state index < -0.39 is 0 Å². The quantitative estimate of drug-likeness (QED) is 0.590. The first-order chi connectivity index (χ1) is 6.48. The number of unbranched alkanes of at least 4 members (excludes halogenated alkanes) is 1. The summed E-state index contributed by atoms with van der Waals surface area (Å²) in [5.74, 6) is 0.788. The molecule has 86 valence electrons. The van der Waals surface area contributed by atoms with Crippen molar-refractivity contribution in [2.75, 3.05) is 19.6 Å². The van der Waals surface area contributed by atoms with Gasteiger partial charge in [0.15, 0.2) is 0 Å². The molecule has 0 aromatic heterocycles. The maximum Gasteiger partial charge on any atom is 0.000261 e. The third-order valence-electron chi connectivity index (χ3n) is 2.37. The minimum Gasteiger partial charge on any atom is -0.330 e. The predicted molar refractivity (Wildman–Crippen MR) is 64.4 cm³/mol. The van der Waals surface area contributed by atoms with Crippen molar-refractivity contribution in [3.8, 4) is 0 Å². The van der Waals surface area contributed by atoms with Crippen LogP contribution >= 0.6 is 0 Å². The van der Waals surface area contributed by atoms with Crippen LogP contribution in [0, 0.1) is 11.3 Å². The Morgan fingerprint density at radius 2 is 1.86 bits per heavy atom. The van der Waals surface area contributed by atoms with E-state index in [1.165, 1.54) is 12.8 Å². The molecule has 14 heavy (non-hydrogen) atoms. The number of hydrogen-bond acceptors (Lipinski definition) is 2. The van der Waals surface area contributed by atoms with Crippen LogP contribution in [-0.4, -0.2) is 19.6 Å². The van der Waals surface area contributed by atoms with E-state index in [0.717, 1.165) is 32.0 Å². The summed E-state index contributed by atoms with van der Waals surface area (Å²) in [6.07, 6.45) is 3.63. The highest BCUT2D eigenvalue weighted by Crippen LogP contribution is 2.23. The van der Waals surface area contributed by atoms with E-state index in [0.29, 0.717) is 5.41 Å². The molecule has 0 atom stereocenters. The molecule has 0 fully saturated rings. The third-order valence-corrected chi connectivity index (χ3v) is 2.37. The first-order valence-corrected chi connectivity index (χ1v) is 5.89. The van der Waals surface area contributed by atoms with E-state index in [9.17, 15) is 0 Å². The lowest BCUT2D eigenvalue weighted by Crippen LogP contribution is -2.31. The molecular weight excluding hydrogens is 172 g/mol. The Morgan fingerprint density at radius 3 is 2.36 bits per heavy atom. The second-order valence-electron chi connectivity index (χ2n) is 5.43. The van der Waals surface area contributed by atoms with Gasteiger partial charge in [0, 0.05) is 6.54 Å². The van der Waals surface area contributed by atoms with Crippen LogP contribution in [0.3, 0.4) is 0 Å². The number of rotatable bonds is 8. The van der Waals surface area contributed by atoms with E-state index in [-0.39, 0.29) is 0 Å². The van der Waals surface area contributed by atoms with Gasteiger partial charge in [0.1, 0.15) is 0 Å². The van der Waals surface area contributed by atoms with Crippen LogP contribution in [0.4, 0.5) is 0 Å². The largest absolute Gasteiger partial charge is 0.330 e. The third kappa shape index (κ3) is 8.52. The van der Waals surface area contributed by atoms with Gasteiger partial charge in [-0.25, -0.2) is 0 Å². The topological polar surface area (TPSA) is 38.0 Å². The second-order valence-corrected chi connectivity index (χ2v) is 5.43. The molecule has 3 N–H and O–H groups in total. The Labute approximate surface area is 89.6 Å². The molecule has 0 heterocycles. The summed E-state index contributed by atoms with van der Waals surface area (Å²) in [5, 5.41) is 3.51. The normalized spacial score (nSPS) is 12.4. The first-order valence-electron chi connectivity index (χ1n) is 5.89. The minimum absolute atomic E-state index is 0.427. The molecule has 0 saturated carbocycles. The molecule has 0 aliphatic heterocycles. The lowest BCUT2D eigenvalue weighted by molar-refractivity contribution is 0.273. The molecule has 0 saturated heterocycles. The minimum atomic E-state index is 0.427. The average molecular weight is 200 g/mol. The molecule has 2 heteroatoms. The van der Waals surface area contributed by atoms with E-state index in [4.69, 9.17) is 5.73 Å². The summed E-state index contributed by atoms with van der Waals surface area (Å²) in [4.78, 5) is 0. The van der Waals surface area contributed by atoms with Crippen LogP contribution in [0.5, 0.6) is 0 Å². The highest BCUT2D eigenvalue weighted by Gasteiger charge is 2.18. The molecule has 0 radical (unpaired) electrons. The summed E-state index contributed by atoms with van der Waals surface area (Å²) in [6.45, 7) is 12.3. The van der Waals surface area contributed by atoms with E-state index in [1.807, 2.05) is 0 Å². The van der Waals surface area contributed by atoms with Crippen LogP contribution in [0.2, 0.25) is 0 Å². The summed E-state index contributed by atoms with van der Waals surface area (Å²) in [7, 11) is 0. The SMILES string of the molecule is CC(C)CC(C)(C)CNCCCCN. The van der Waals surface area contributed by atoms with Crippen molar-refractivity contribution in [2.45, 2.75) is 47.0 Å². The fourth-order valence-electron chi connectivity index (χ4n) is 2.00. The van der Waals surface area contributed by atoms with Gasteiger partial charge in [0.2, 0.25) is 0 Å². The number of nitrogens with two attached hydrogens (primary N) is 1. The molecule has 0 rings (SSSR count). The fourth-order valence-corrected chi connectivity index (χ4v) is 2.00. The maximum atomic E-state index is 5.43. The van der Waals surface area contributed by atoms with Crippen LogP contribution in [0.15, 0.2) is 0 Å². The number of hydrogen-bond donors (Lipinski definition) is 2. The molecule has 0 unspecified atom stereocenters. The lowest BCUT2D eigenvalue weighted by Gasteiger charge is -2.27. The van der Waals surface area contributed by atoms with E-state index in [1.54, 1.807) is 0 Å². The van der Waals surface area contributed by atoms with Gasteiger partial charge in [-0.05, 0) is 43.7 Å². The number of nitrogens with one attached hydrogen (secondary N) is 1. The zero-order valence-corrected chi connectivity index (χ0v) is 10.4. The molecule has 0 amide bonds. The molecule has 0 aliphatic carbocycles. The zero-order chi connectivity index (χ0) is 11.0. The molecule has 0 spiro atoms. The Bertz CT molecular complexity index is 130. The van der Waals surface area contributed by atoms with Crippen molar-refractivity contribution in [2.24, 2.45) is 17.1 Å². The molecule has 0 aromatic rings. The van der Waals surface area contributed by atoms with Crippen LogP contribution in [-0.2, 0) is 0 Å². The maximum absolute atomic E-state index is 5.43. The van der Waals surface area contributed by atoms with Gasteiger partial charge < -0.3 is 11.1 Å². The lowest BCUT2D eigenvalue weighted by atomic mass is 9.84. The molecule has 2 nitrogen and oxygen atoms in total. The fraction of sp³-hybridized carbons (Fsp3) is 1.00. The van der Waals surface area contributed by atoms with E-state index >= 15 is 0 Å². The summed E-state index contributed by atoms with van der Waals surface area (Å²) in [5.41, 5.74) is 5.86. The predicted octanol–water partition coefficient (Wildman–Crippen LogP) is 2.39. The van der Waals surface area contributed by atoms with Crippen molar-refractivity contribution in [3.05, 3.63) is 0 Å². The molecular formula is C12H28N2. The second kappa shape index (κ2) is 7.24. The van der Waals surface area contributed by atoms with Crippen molar-refractivity contribution in [1.82, 2.24) is 5.32 Å². The van der Waals surface area contributed by atoms with Gasteiger partial charge in [-0.3, -0.25) is 0 Å². The standard InChI is InChI=1S/C12H28N2/c1-11(2)9-12(3,4)10-14-8-6-5-7-13/h11,14H,5-10,13H2,1-4H3. The van der Waals surface area contributed by atoms with Gasteiger partial charge in [0.25, 0.3) is 0 Å². The highest BCUT2D eigenvalue weighted by molar-refractivity contribution is 4.72. The van der Waals surface area contributed by atoms with Crippen LogP contribution in [0.25, 0.3) is 0 Å². The van der Waals surface area contributed by atoms with Gasteiger partial charge in [-0.1, -0.05) is 27.7 Å². The van der Waals surface area contributed by atoms with Crippen molar-refractivity contribution < 1.29 is 0 Å². The molecule has 0 aromatic carbocycles. The van der Waals surface area contributed by atoms with Crippen molar-refractivity contribution in [3.63, 3.8) is 0 Å². The Balaban J connectivity index is 3.45. The van der Waals surface area contributed by atoms with Crippen molar-refractivity contribution >= 4 is 0 Å². The summed E-state index contributed by atoms with van der Waals surface area (Å²) < 4.78 is 0. The summed E-state index contributed by atoms with van der Waals surface area (Å²) in [6, 6.07) is 0. The van der Waals surface area contributed by atoms with Gasteiger partial charge in [-0.2, -0.15) is 0 Å². The van der Waals surface area contributed by atoms with Gasteiger partial charge in [0.05, 0.1) is 0 Å². The average Bonchev–Trinajstić information content (AvgIpc) is 2.01. The van der Waals surface area contributed by atoms with Gasteiger partial charge in [-0.15, -0.1) is 0 Å².